The van der Waals surface area contributed by atoms with Crippen molar-refractivity contribution in [2.24, 2.45) is 0 Å². The zero-order chi connectivity index (χ0) is 18.8. The predicted octanol–water partition coefficient (Wildman–Crippen LogP) is 5.81. The second kappa shape index (κ2) is 10.8. The van der Waals surface area contributed by atoms with Crippen molar-refractivity contribution in [3.8, 4) is 0 Å². The summed E-state index contributed by atoms with van der Waals surface area (Å²) >= 11 is 0. The highest BCUT2D eigenvalue weighted by Gasteiger charge is 2.22. The minimum atomic E-state index is -0.285. The van der Waals surface area contributed by atoms with Gasteiger partial charge < -0.3 is 9.47 Å². The Kier molecular flexibility index (Phi) is 9.04. The molecule has 0 atom stereocenters. The Balaban J connectivity index is 2.62. The Morgan fingerprint density at radius 3 is 2.44 bits per heavy atom. The van der Waals surface area contributed by atoms with Gasteiger partial charge in [-0.2, -0.15) is 0 Å². The van der Waals surface area contributed by atoms with Gasteiger partial charge in [0.1, 0.15) is 5.76 Å². The number of carbonyl (C=O) groups excluding carboxylic acids is 1. The molecular formula is C22H32O3. The van der Waals surface area contributed by atoms with E-state index in [9.17, 15) is 4.79 Å². The van der Waals surface area contributed by atoms with Crippen LogP contribution in [0.3, 0.4) is 0 Å². The lowest BCUT2D eigenvalue weighted by atomic mass is 9.88. The number of esters is 1. The molecule has 0 aromatic carbocycles. The van der Waals surface area contributed by atoms with Gasteiger partial charge in [-0.05, 0) is 52.9 Å². The van der Waals surface area contributed by atoms with E-state index in [0.29, 0.717) is 24.2 Å². The van der Waals surface area contributed by atoms with E-state index in [1.54, 1.807) is 7.11 Å². The van der Waals surface area contributed by atoms with Gasteiger partial charge in [0.15, 0.2) is 0 Å². The summed E-state index contributed by atoms with van der Waals surface area (Å²) in [4.78, 5) is 12.1. The van der Waals surface area contributed by atoms with Crippen molar-refractivity contribution < 1.29 is 14.3 Å². The molecule has 1 aliphatic rings. The molecule has 25 heavy (non-hydrogen) atoms. The summed E-state index contributed by atoms with van der Waals surface area (Å²) in [5.41, 5.74) is 5.60. The van der Waals surface area contributed by atoms with Gasteiger partial charge in [-0.3, -0.25) is 0 Å². The average molecular weight is 344 g/mol. The number of allylic oxidation sites excluding steroid dienone is 7. The summed E-state index contributed by atoms with van der Waals surface area (Å²) in [6, 6.07) is 0. The first kappa shape index (κ1) is 21.0. The lowest BCUT2D eigenvalue weighted by Crippen LogP contribution is -2.13. The monoisotopic (exact) mass is 344 g/mol. The normalized spacial score (nSPS) is 14.8. The molecule has 138 valence electrons. The van der Waals surface area contributed by atoms with Crippen molar-refractivity contribution in [3.05, 3.63) is 58.4 Å². The maximum absolute atomic E-state index is 12.1. The van der Waals surface area contributed by atoms with E-state index >= 15 is 0 Å². The zero-order valence-electron chi connectivity index (χ0n) is 16.4. The molecule has 0 heterocycles. The summed E-state index contributed by atoms with van der Waals surface area (Å²) in [6.45, 7) is 10.3. The van der Waals surface area contributed by atoms with Crippen molar-refractivity contribution in [2.75, 3.05) is 14.2 Å². The first-order valence-corrected chi connectivity index (χ1v) is 8.89. The molecule has 0 aliphatic heterocycles. The molecule has 0 unspecified atom stereocenters. The highest BCUT2D eigenvalue weighted by Crippen LogP contribution is 2.32. The van der Waals surface area contributed by atoms with Crippen LogP contribution in [0.2, 0.25) is 0 Å². The molecule has 0 N–H and O–H groups in total. The molecular weight excluding hydrogens is 312 g/mol. The van der Waals surface area contributed by atoms with Crippen LogP contribution in [0.25, 0.3) is 0 Å². The summed E-state index contributed by atoms with van der Waals surface area (Å²) in [7, 11) is 2.99. The fraction of sp³-hybridized carbons (Fsp3) is 0.500. The second-order valence-electron chi connectivity index (χ2n) is 6.73. The molecule has 0 bridgehead atoms. The molecule has 0 radical (unpaired) electrons. The van der Waals surface area contributed by atoms with Gasteiger partial charge in [-0.25, -0.2) is 4.79 Å². The van der Waals surface area contributed by atoms with Crippen molar-refractivity contribution >= 4 is 5.97 Å². The highest BCUT2D eigenvalue weighted by atomic mass is 16.5. The van der Waals surface area contributed by atoms with Crippen molar-refractivity contribution in [1.82, 2.24) is 0 Å². The van der Waals surface area contributed by atoms with Crippen molar-refractivity contribution in [2.45, 2.75) is 59.3 Å². The third-order valence-electron chi connectivity index (χ3n) is 4.43. The first-order valence-electron chi connectivity index (χ1n) is 8.89. The standard InChI is InChI=1S/C22H32O3/c1-16(2)9-7-10-17(3)11-8-12-19-13-14-20(18(4)24-5)21(15-19)22(23)25-6/h9,11,13H,4,7-8,10,12,14-15H2,1-3,5-6H3/b17-11+. The molecule has 0 amide bonds. The quantitative estimate of drug-likeness (QED) is 0.301. The van der Waals surface area contributed by atoms with E-state index in [2.05, 4.69) is 45.6 Å². The Labute approximate surface area is 152 Å². The molecule has 0 fully saturated rings. The minimum Gasteiger partial charge on any atom is -0.497 e. The van der Waals surface area contributed by atoms with Gasteiger partial charge in [0, 0.05) is 17.6 Å². The Bertz CT molecular complexity index is 611. The van der Waals surface area contributed by atoms with Crippen LogP contribution in [0.4, 0.5) is 0 Å². The highest BCUT2D eigenvalue weighted by molar-refractivity contribution is 5.91. The summed E-state index contributed by atoms with van der Waals surface area (Å²) in [5, 5.41) is 0. The molecule has 0 saturated heterocycles. The Hall–Kier alpha value is -2.03. The van der Waals surface area contributed by atoms with E-state index in [-0.39, 0.29) is 5.97 Å². The van der Waals surface area contributed by atoms with E-state index in [1.807, 2.05) is 0 Å². The van der Waals surface area contributed by atoms with E-state index < -0.39 is 0 Å². The molecule has 1 rings (SSSR count). The average Bonchev–Trinajstić information content (AvgIpc) is 2.59. The summed E-state index contributed by atoms with van der Waals surface area (Å²) in [6.07, 6.45) is 12.3. The van der Waals surface area contributed by atoms with Gasteiger partial charge >= 0.3 is 5.97 Å². The number of hydrogen-bond donors (Lipinski definition) is 0. The fourth-order valence-electron chi connectivity index (χ4n) is 2.88. The lowest BCUT2D eigenvalue weighted by Gasteiger charge is -2.20. The predicted molar refractivity (Wildman–Crippen MR) is 104 cm³/mol. The van der Waals surface area contributed by atoms with E-state index in [1.165, 1.54) is 23.8 Å². The van der Waals surface area contributed by atoms with Crippen LogP contribution in [0.1, 0.15) is 59.3 Å². The van der Waals surface area contributed by atoms with Gasteiger partial charge in [-0.15, -0.1) is 0 Å². The number of methoxy groups -OCH3 is 2. The molecule has 3 heteroatoms. The van der Waals surface area contributed by atoms with Crippen LogP contribution in [-0.2, 0) is 14.3 Å². The SMILES string of the molecule is C=C(OC)C1=C(C(=O)OC)CC(CC/C=C(\C)CCC=C(C)C)=CC1. The smallest absolute Gasteiger partial charge is 0.334 e. The van der Waals surface area contributed by atoms with Crippen molar-refractivity contribution in [1.29, 1.82) is 0 Å². The maximum Gasteiger partial charge on any atom is 0.334 e. The molecule has 0 saturated carbocycles. The van der Waals surface area contributed by atoms with Crippen LogP contribution in [-0.4, -0.2) is 20.2 Å². The number of carbonyl (C=O) groups is 1. The van der Waals surface area contributed by atoms with Gasteiger partial charge in [0.2, 0.25) is 0 Å². The van der Waals surface area contributed by atoms with Crippen LogP contribution >= 0.6 is 0 Å². The Morgan fingerprint density at radius 1 is 1.12 bits per heavy atom. The largest absolute Gasteiger partial charge is 0.497 e. The number of hydrogen-bond acceptors (Lipinski definition) is 3. The van der Waals surface area contributed by atoms with Crippen LogP contribution in [0.5, 0.6) is 0 Å². The number of rotatable bonds is 9. The first-order chi connectivity index (χ1) is 11.9. The van der Waals surface area contributed by atoms with Crippen molar-refractivity contribution in [3.63, 3.8) is 0 Å². The van der Waals surface area contributed by atoms with Crippen LogP contribution < -0.4 is 0 Å². The van der Waals surface area contributed by atoms with Gasteiger partial charge in [0.05, 0.1) is 14.2 Å². The summed E-state index contributed by atoms with van der Waals surface area (Å²) < 4.78 is 10.1. The molecule has 0 aromatic heterocycles. The zero-order valence-corrected chi connectivity index (χ0v) is 16.4. The summed E-state index contributed by atoms with van der Waals surface area (Å²) in [5.74, 6) is 0.262. The van der Waals surface area contributed by atoms with E-state index in [0.717, 1.165) is 31.3 Å². The molecule has 1 aliphatic carbocycles. The topological polar surface area (TPSA) is 35.5 Å². The number of ether oxygens (including phenoxy) is 2. The van der Waals surface area contributed by atoms with Gasteiger partial charge in [0.25, 0.3) is 0 Å². The van der Waals surface area contributed by atoms with Gasteiger partial charge in [-0.1, -0.05) is 41.5 Å². The molecule has 3 nitrogen and oxygen atoms in total. The molecule has 0 spiro atoms. The van der Waals surface area contributed by atoms with Crippen LogP contribution in [0, 0.1) is 0 Å². The Morgan fingerprint density at radius 2 is 1.84 bits per heavy atom. The molecule has 0 aromatic rings. The van der Waals surface area contributed by atoms with Crippen LogP contribution in [0.15, 0.2) is 58.4 Å². The lowest BCUT2D eigenvalue weighted by molar-refractivity contribution is -0.136. The van der Waals surface area contributed by atoms with E-state index in [4.69, 9.17) is 9.47 Å². The maximum atomic E-state index is 12.1. The fourth-order valence-corrected chi connectivity index (χ4v) is 2.88. The second-order valence-corrected chi connectivity index (χ2v) is 6.73. The third-order valence-corrected chi connectivity index (χ3v) is 4.43. The third kappa shape index (κ3) is 7.16. The minimum absolute atomic E-state index is 0.285.